The van der Waals surface area contributed by atoms with Crippen LogP contribution in [0.25, 0.3) is 0 Å². The molecular weight excluding hydrogens is 445 g/mol. The largest absolute Gasteiger partial charge is 0.496 e. The molecule has 1 aliphatic carbocycles. The van der Waals surface area contributed by atoms with Crippen molar-refractivity contribution in [2.45, 2.75) is 50.8 Å². The Morgan fingerprint density at radius 2 is 2.16 bits per heavy atom. The zero-order chi connectivity index (χ0) is 17.4. The minimum absolute atomic E-state index is 0. The lowest BCUT2D eigenvalue weighted by Gasteiger charge is -2.17. The minimum Gasteiger partial charge on any atom is -0.496 e. The predicted molar refractivity (Wildman–Crippen MR) is 121 cm³/mol. The third-order valence-electron chi connectivity index (χ3n) is 4.55. The van der Waals surface area contributed by atoms with Gasteiger partial charge in [0.05, 0.1) is 7.11 Å². The summed E-state index contributed by atoms with van der Waals surface area (Å²) in [6.45, 7) is 5.85. The first-order valence-electron chi connectivity index (χ1n) is 8.87. The van der Waals surface area contributed by atoms with Gasteiger partial charge in [0, 0.05) is 24.4 Å². The van der Waals surface area contributed by atoms with Crippen LogP contribution in [-0.4, -0.2) is 43.7 Å². The first-order valence-corrected chi connectivity index (χ1v) is 10.2. The van der Waals surface area contributed by atoms with E-state index in [0.29, 0.717) is 6.04 Å². The number of ether oxygens (including phenoxy) is 1. The molecule has 1 fully saturated rings. The van der Waals surface area contributed by atoms with E-state index >= 15 is 0 Å². The van der Waals surface area contributed by atoms with Gasteiger partial charge in [0.25, 0.3) is 0 Å². The molecule has 0 bridgehead atoms. The van der Waals surface area contributed by atoms with E-state index in [-0.39, 0.29) is 24.0 Å². The third-order valence-corrected chi connectivity index (χ3v) is 5.64. The number of nitrogens with zero attached hydrogens (tertiary/aromatic N) is 1. The monoisotopic (exact) mass is 477 g/mol. The van der Waals surface area contributed by atoms with Crippen LogP contribution < -0.4 is 15.4 Å². The maximum absolute atomic E-state index is 5.40. The van der Waals surface area contributed by atoms with E-state index in [9.17, 15) is 0 Å². The van der Waals surface area contributed by atoms with Gasteiger partial charge in [-0.25, -0.2) is 0 Å². The van der Waals surface area contributed by atoms with E-state index in [1.54, 1.807) is 7.11 Å². The Kier molecular flexibility index (Phi) is 10.7. The second-order valence-corrected chi connectivity index (χ2v) is 7.46. The van der Waals surface area contributed by atoms with E-state index < -0.39 is 0 Å². The number of aliphatic imine (C=N–C) groups is 1. The van der Waals surface area contributed by atoms with Gasteiger partial charge in [0.15, 0.2) is 5.96 Å². The summed E-state index contributed by atoms with van der Waals surface area (Å²) in [6, 6.07) is 6.95. The van der Waals surface area contributed by atoms with E-state index in [1.165, 1.54) is 30.4 Å². The van der Waals surface area contributed by atoms with Crippen LogP contribution in [0.1, 0.15) is 37.3 Å². The van der Waals surface area contributed by atoms with Gasteiger partial charge in [0.1, 0.15) is 5.75 Å². The molecule has 0 aliphatic heterocycles. The number of nitrogens with one attached hydrogen (secondary N) is 2. The third kappa shape index (κ3) is 7.25. The van der Waals surface area contributed by atoms with Crippen molar-refractivity contribution in [3.63, 3.8) is 0 Å². The number of guanidine groups is 1. The summed E-state index contributed by atoms with van der Waals surface area (Å²) in [5.74, 6) is 1.90. The summed E-state index contributed by atoms with van der Waals surface area (Å²) >= 11 is 1.98. The Morgan fingerprint density at radius 1 is 1.36 bits per heavy atom. The molecule has 142 valence electrons. The van der Waals surface area contributed by atoms with Crippen molar-refractivity contribution >= 4 is 41.7 Å². The quantitative estimate of drug-likeness (QED) is 0.354. The summed E-state index contributed by atoms with van der Waals surface area (Å²) in [6.07, 6.45) is 6.92. The highest BCUT2D eigenvalue weighted by atomic mass is 127. The van der Waals surface area contributed by atoms with Crippen molar-refractivity contribution in [1.29, 1.82) is 0 Å². The van der Waals surface area contributed by atoms with E-state index in [1.807, 2.05) is 11.8 Å². The van der Waals surface area contributed by atoms with Crippen LogP contribution in [0.2, 0.25) is 0 Å². The molecule has 0 amide bonds. The number of halogens is 1. The van der Waals surface area contributed by atoms with Crippen LogP contribution in [0.4, 0.5) is 0 Å². The second-order valence-electron chi connectivity index (χ2n) is 6.33. The number of hydrogen-bond donors (Lipinski definition) is 2. The molecule has 0 saturated heterocycles. The SMILES string of the molecule is CCNC(=NCCc1ccc(C)c(OC)c1)NC1CCC(SC)C1.I. The van der Waals surface area contributed by atoms with Crippen LogP contribution in [0.15, 0.2) is 23.2 Å². The number of benzene rings is 1. The molecule has 1 aromatic carbocycles. The Bertz CT molecular complexity index is 553. The summed E-state index contributed by atoms with van der Waals surface area (Å²) < 4.78 is 5.40. The standard InChI is InChI=1S/C19H31N3OS.HI/c1-5-20-19(22-16-8-9-17(13-16)24-4)21-11-10-15-7-6-14(2)18(12-15)23-3;/h6-7,12,16-17H,5,8-11,13H2,1-4H3,(H2,20,21,22);1H. The van der Waals surface area contributed by atoms with Gasteiger partial charge in [-0.2, -0.15) is 11.8 Å². The molecule has 1 aliphatic rings. The zero-order valence-corrected chi connectivity index (χ0v) is 18.9. The highest BCUT2D eigenvalue weighted by molar-refractivity contribution is 14.0. The van der Waals surface area contributed by atoms with Crippen molar-refractivity contribution in [2.24, 2.45) is 4.99 Å². The van der Waals surface area contributed by atoms with Gasteiger partial charge >= 0.3 is 0 Å². The van der Waals surface area contributed by atoms with Gasteiger partial charge in [0.2, 0.25) is 0 Å². The molecule has 6 heteroatoms. The summed E-state index contributed by atoms with van der Waals surface area (Å²) in [4.78, 5) is 4.75. The molecule has 1 aromatic rings. The molecule has 0 spiro atoms. The lowest BCUT2D eigenvalue weighted by atomic mass is 10.1. The lowest BCUT2D eigenvalue weighted by molar-refractivity contribution is 0.411. The molecule has 2 unspecified atom stereocenters. The van der Waals surface area contributed by atoms with Crippen LogP contribution >= 0.6 is 35.7 Å². The lowest BCUT2D eigenvalue weighted by Crippen LogP contribution is -2.42. The maximum atomic E-state index is 5.40. The van der Waals surface area contributed by atoms with E-state index in [4.69, 9.17) is 9.73 Å². The fourth-order valence-corrected chi connectivity index (χ4v) is 3.91. The van der Waals surface area contributed by atoms with Crippen LogP contribution in [0, 0.1) is 6.92 Å². The molecule has 25 heavy (non-hydrogen) atoms. The molecule has 2 N–H and O–H groups in total. The van der Waals surface area contributed by atoms with Crippen molar-refractivity contribution in [1.82, 2.24) is 10.6 Å². The van der Waals surface area contributed by atoms with Crippen molar-refractivity contribution < 1.29 is 4.74 Å². The van der Waals surface area contributed by atoms with Crippen LogP contribution in [0.3, 0.4) is 0 Å². The Hall–Kier alpha value is -0.630. The second kappa shape index (κ2) is 11.9. The molecule has 0 heterocycles. The molecule has 0 radical (unpaired) electrons. The van der Waals surface area contributed by atoms with Gasteiger partial charge in [-0.3, -0.25) is 4.99 Å². The molecule has 2 rings (SSSR count). The highest BCUT2D eigenvalue weighted by Gasteiger charge is 2.24. The van der Waals surface area contributed by atoms with Crippen molar-refractivity contribution in [3.8, 4) is 5.75 Å². The summed E-state index contributed by atoms with van der Waals surface area (Å²) in [5, 5.41) is 7.76. The molecule has 4 nitrogen and oxygen atoms in total. The minimum atomic E-state index is 0. The Balaban J connectivity index is 0.00000312. The van der Waals surface area contributed by atoms with E-state index in [2.05, 4.69) is 48.9 Å². The fourth-order valence-electron chi connectivity index (χ4n) is 3.12. The number of rotatable bonds is 7. The Labute approximate surface area is 174 Å². The maximum Gasteiger partial charge on any atom is 0.191 e. The average Bonchev–Trinajstić information content (AvgIpc) is 3.04. The van der Waals surface area contributed by atoms with Gasteiger partial charge in [-0.15, -0.1) is 24.0 Å². The number of hydrogen-bond acceptors (Lipinski definition) is 3. The summed E-state index contributed by atoms with van der Waals surface area (Å²) in [7, 11) is 1.72. The fraction of sp³-hybridized carbons (Fsp3) is 0.632. The number of aryl methyl sites for hydroxylation is 1. The molecular formula is C19H32IN3OS. The first kappa shape index (κ1) is 22.4. The number of thioether (sulfide) groups is 1. The highest BCUT2D eigenvalue weighted by Crippen LogP contribution is 2.28. The normalized spacial score (nSPS) is 20.1. The van der Waals surface area contributed by atoms with Crippen molar-refractivity contribution in [2.75, 3.05) is 26.5 Å². The van der Waals surface area contributed by atoms with Crippen molar-refractivity contribution in [3.05, 3.63) is 29.3 Å². The van der Waals surface area contributed by atoms with Crippen LogP contribution in [0.5, 0.6) is 5.75 Å². The Morgan fingerprint density at radius 3 is 2.80 bits per heavy atom. The molecule has 0 aromatic heterocycles. The zero-order valence-electron chi connectivity index (χ0n) is 15.8. The topological polar surface area (TPSA) is 45.7 Å². The average molecular weight is 477 g/mol. The number of methoxy groups -OCH3 is 1. The van der Waals surface area contributed by atoms with Gasteiger partial charge in [-0.1, -0.05) is 12.1 Å². The first-order chi connectivity index (χ1) is 11.7. The molecule has 2 atom stereocenters. The smallest absolute Gasteiger partial charge is 0.191 e. The van der Waals surface area contributed by atoms with Crippen LogP contribution in [-0.2, 0) is 6.42 Å². The summed E-state index contributed by atoms with van der Waals surface area (Å²) in [5.41, 5.74) is 2.43. The molecule has 1 saturated carbocycles. The van der Waals surface area contributed by atoms with E-state index in [0.717, 1.165) is 36.5 Å². The predicted octanol–water partition coefficient (Wildman–Crippen LogP) is 4.00. The van der Waals surface area contributed by atoms with Gasteiger partial charge < -0.3 is 15.4 Å². The van der Waals surface area contributed by atoms with Gasteiger partial charge in [-0.05, 0) is 63.0 Å².